The first-order chi connectivity index (χ1) is 9.90. The summed E-state index contributed by atoms with van der Waals surface area (Å²) in [4.78, 5) is -0.961. The van der Waals surface area contributed by atoms with E-state index >= 15 is 0 Å². The molecule has 1 fully saturated rings. The number of hydrogen-bond acceptors (Lipinski definition) is 3. The monoisotopic (exact) mass is 318 g/mol. The van der Waals surface area contributed by atoms with Crippen molar-refractivity contribution < 1.29 is 17.2 Å². The van der Waals surface area contributed by atoms with Crippen LogP contribution in [0.2, 0.25) is 0 Å². The van der Waals surface area contributed by atoms with Gasteiger partial charge < -0.3 is 5.73 Å². The first-order valence-electron chi connectivity index (χ1n) is 7.14. The molecule has 0 bridgehead atoms. The number of nitrogen functional groups attached to an aromatic ring is 1. The van der Waals surface area contributed by atoms with Crippen molar-refractivity contribution in [2.24, 2.45) is 5.92 Å². The molecule has 4 nitrogen and oxygen atoms in total. The summed E-state index contributed by atoms with van der Waals surface area (Å²) in [6.45, 7) is 0.183. The number of nitrogens with two attached hydrogens (primary N) is 1. The van der Waals surface area contributed by atoms with Gasteiger partial charge in [0, 0.05) is 12.2 Å². The molecule has 2 rings (SSSR count). The zero-order chi connectivity index (χ0) is 15.5. The van der Waals surface area contributed by atoms with Gasteiger partial charge in [0.1, 0.15) is 11.6 Å². The molecule has 21 heavy (non-hydrogen) atoms. The summed E-state index contributed by atoms with van der Waals surface area (Å²) >= 11 is 0. The van der Waals surface area contributed by atoms with Gasteiger partial charge in [0.15, 0.2) is 4.90 Å². The fraction of sp³-hybridized carbons (Fsp3) is 0.571. The Morgan fingerprint density at radius 1 is 1.19 bits per heavy atom. The van der Waals surface area contributed by atoms with Gasteiger partial charge in [-0.1, -0.05) is 25.7 Å². The highest BCUT2D eigenvalue weighted by Gasteiger charge is 2.24. The van der Waals surface area contributed by atoms with Crippen LogP contribution in [-0.2, 0) is 10.0 Å². The largest absolute Gasteiger partial charge is 0.399 e. The van der Waals surface area contributed by atoms with Crippen molar-refractivity contribution in [1.82, 2.24) is 4.72 Å². The molecule has 0 unspecified atom stereocenters. The molecule has 1 aromatic rings. The molecule has 0 atom stereocenters. The molecule has 1 saturated carbocycles. The minimum Gasteiger partial charge on any atom is -0.399 e. The lowest BCUT2D eigenvalue weighted by Gasteiger charge is -2.11. The topological polar surface area (TPSA) is 72.2 Å². The molecular weight excluding hydrogens is 298 g/mol. The van der Waals surface area contributed by atoms with Crippen LogP contribution >= 0.6 is 0 Å². The third-order valence-corrected chi connectivity index (χ3v) is 5.36. The average Bonchev–Trinajstić information content (AvgIpc) is 2.86. The number of nitrogens with one attached hydrogen (secondary N) is 1. The molecule has 0 heterocycles. The Balaban J connectivity index is 1.95. The third-order valence-electron chi connectivity index (χ3n) is 3.85. The quantitative estimate of drug-likeness (QED) is 0.626. The molecule has 1 aromatic carbocycles. The molecule has 0 saturated heterocycles. The van der Waals surface area contributed by atoms with Crippen LogP contribution in [0.3, 0.4) is 0 Å². The molecule has 3 N–H and O–H groups in total. The highest BCUT2D eigenvalue weighted by molar-refractivity contribution is 7.89. The standard InChI is InChI=1S/C14H20F2N2O2S/c15-12-8-11(17)9-13(16)14(12)21(19,20)18-7-3-6-10-4-1-2-5-10/h8-10,18H,1-7,17H2. The van der Waals surface area contributed by atoms with Gasteiger partial charge >= 0.3 is 0 Å². The second kappa shape index (κ2) is 6.70. The Kier molecular flexibility index (Phi) is 5.16. The molecule has 0 spiro atoms. The van der Waals surface area contributed by atoms with Gasteiger partial charge in [-0.05, 0) is 30.9 Å². The lowest BCUT2D eigenvalue weighted by atomic mass is 10.0. The van der Waals surface area contributed by atoms with E-state index < -0.39 is 26.6 Å². The van der Waals surface area contributed by atoms with Crippen molar-refractivity contribution in [1.29, 1.82) is 0 Å². The molecule has 1 aliphatic rings. The third kappa shape index (κ3) is 4.14. The van der Waals surface area contributed by atoms with Gasteiger partial charge in [-0.3, -0.25) is 0 Å². The summed E-state index contributed by atoms with van der Waals surface area (Å²) in [5.74, 6) is -1.69. The van der Waals surface area contributed by atoms with Crippen molar-refractivity contribution in [3.63, 3.8) is 0 Å². The first-order valence-corrected chi connectivity index (χ1v) is 8.62. The van der Waals surface area contributed by atoms with E-state index in [1.165, 1.54) is 25.7 Å². The molecule has 0 radical (unpaired) electrons. The second-order valence-corrected chi connectivity index (χ2v) is 7.21. The Morgan fingerprint density at radius 2 is 1.76 bits per heavy atom. The number of sulfonamides is 1. The Labute approximate surface area is 123 Å². The van der Waals surface area contributed by atoms with Crippen molar-refractivity contribution in [3.8, 4) is 0 Å². The number of rotatable bonds is 6. The van der Waals surface area contributed by atoms with E-state index in [4.69, 9.17) is 5.73 Å². The predicted octanol–water partition coefficient (Wildman–Crippen LogP) is 2.80. The van der Waals surface area contributed by atoms with Crippen LogP contribution in [0.15, 0.2) is 17.0 Å². The van der Waals surface area contributed by atoms with Crippen molar-refractivity contribution in [3.05, 3.63) is 23.8 Å². The maximum Gasteiger partial charge on any atom is 0.246 e. The summed E-state index contributed by atoms with van der Waals surface area (Å²) in [6.07, 6.45) is 6.45. The van der Waals surface area contributed by atoms with E-state index in [0.717, 1.165) is 18.6 Å². The number of anilines is 1. The summed E-state index contributed by atoms with van der Waals surface area (Å²) in [5, 5.41) is 0. The lowest BCUT2D eigenvalue weighted by molar-refractivity contribution is 0.477. The van der Waals surface area contributed by atoms with Crippen molar-refractivity contribution in [2.75, 3.05) is 12.3 Å². The van der Waals surface area contributed by atoms with Crippen molar-refractivity contribution >= 4 is 15.7 Å². The average molecular weight is 318 g/mol. The number of benzene rings is 1. The normalized spacial score (nSPS) is 16.5. The van der Waals surface area contributed by atoms with Crippen LogP contribution in [-0.4, -0.2) is 15.0 Å². The summed E-state index contributed by atoms with van der Waals surface area (Å²) in [6, 6.07) is 1.60. The van der Waals surface area contributed by atoms with Crippen LogP contribution in [0.1, 0.15) is 38.5 Å². The van der Waals surface area contributed by atoms with E-state index in [0.29, 0.717) is 12.3 Å². The molecule has 1 aliphatic carbocycles. The smallest absolute Gasteiger partial charge is 0.246 e. The molecule has 0 aromatic heterocycles. The van der Waals surface area contributed by atoms with Crippen LogP contribution in [0.5, 0.6) is 0 Å². The molecular formula is C14H20F2N2O2S. The predicted molar refractivity (Wildman–Crippen MR) is 77.2 cm³/mol. The van der Waals surface area contributed by atoms with E-state index in [9.17, 15) is 17.2 Å². The van der Waals surface area contributed by atoms with Gasteiger partial charge in [0.05, 0.1) is 0 Å². The summed E-state index contributed by atoms with van der Waals surface area (Å²) in [7, 11) is -4.19. The minimum atomic E-state index is -4.19. The fourth-order valence-electron chi connectivity index (χ4n) is 2.80. The minimum absolute atomic E-state index is 0.148. The Morgan fingerprint density at radius 3 is 2.33 bits per heavy atom. The maximum atomic E-state index is 13.6. The van der Waals surface area contributed by atoms with E-state index in [2.05, 4.69) is 4.72 Å². The van der Waals surface area contributed by atoms with E-state index in [1.54, 1.807) is 0 Å². The highest BCUT2D eigenvalue weighted by Crippen LogP contribution is 2.28. The zero-order valence-corrected chi connectivity index (χ0v) is 12.6. The molecule has 0 aliphatic heterocycles. The van der Waals surface area contributed by atoms with Crippen LogP contribution in [0.4, 0.5) is 14.5 Å². The maximum absolute atomic E-state index is 13.6. The van der Waals surface area contributed by atoms with Gasteiger partial charge in [0.2, 0.25) is 10.0 Å². The van der Waals surface area contributed by atoms with Crippen molar-refractivity contribution in [2.45, 2.75) is 43.4 Å². The molecule has 118 valence electrons. The van der Waals surface area contributed by atoms with E-state index in [-0.39, 0.29) is 12.2 Å². The summed E-state index contributed by atoms with van der Waals surface area (Å²) < 4.78 is 53.4. The fourth-order valence-corrected chi connectivity index (χ4v) is 3.99. The van der Waals surface area contributed by atoms with Gasteiger partial charge in [-0.2, -0.15) is 0 Å². The first kappa shape index (κ1) is 16.2. The molecule has 0 amide bonds. The van der Waals surface area contributed by atoms with Gasteiger partial charge in [0.25, 0.3) is 0 Å². The lowest BCUT2D eigenvalue weighted by Crippen LogP contribution is -2.27. The Hall–Kier alpha value is -1.21. The van der Waals surface area contributed by atoms with Crippen LogP contribution in [0.25, 0.3) is 0 Å². The highest BCUT2D eigenvalue weighted by atomic mass is 32.2. The van der Waals surface area contributed by atoms with Crippen LogP contribution < -0.4 is 10.5 Å². The van der Waals surface area contributed by atoms with Gasteiger partial charge in [-0.25, -0.2) is 21.9 Å². The summed E-state index contributed by atoms with van der Waals surface area (Å²) in [5.41, 5.74) is 5.12. The van der Waals surface area contributed by atoms with Gasteiger partial charge in [-0.15, -0.1) is 0 Å². The van der Waals surface area contributed by atoms with Crippen LogP contribution in [0, 0.1) is 17.6 Å². The SMILES string of the molecule is Nc1cc(F)c(S(=O)(=O)NCCCC2CCCC2)c(F)c1. The molecule has 7 heteroatoms. The van der Waals surface area contributed by atoms with E-state index in [1.807, 2.05) is 0 Å². The second-order valence-electron chi connectivity index (χ2n) is 5.50. The number of hydrogen-bond donors (Lipinski definition) is 2. The number of halogens is 2. The zero-order valence-electron chi connectivity index (χ0n) is 11.7. The Bertz CT molecular complexity index is 576.